The largest absolute Gasteiger partial charge is 0.491 e. The van der Waals surface area contributed by atoms with Gasteiger partial charge in [0.25, 0.3) is 11.8 Å². The molecule has 0 spiro atoms. The van der Waals surface area contributed by atoms with Crippen LogP contribution >= 0.6 is 11.3 Å². The molecule has 16 nitrogen and oxygen atoms in total. The van der Waals surface area contributed by atoms with E-state index < -0.39 is 58.8 Å². The lowest BCUT2D eigenvalue weighted by Gasteiger charge is -2.35. The van der Waals surface area contributed by atoms with E-state index in [-0.39, 0.29) is 56.1 Å². The van der Waals surface area contributed by atoms with E-state index in [0.717, 1.165) is 38.7 Å². The molecule has 400 valence electrons. The standard InChI is InChI=1S/C56H60F3N7O9S/c1-34(2)49(64-31-39-11-7-8-12-44(39)52(64)69)53(70)63-32-42(67)29-47(63)51(68)62-46-20-14-37(50-35(3)61-33-76-50)27-48(46)75-24-10-23-72-21-9-22-73-25-26-74-43-18-16-40(17-19-43)66-36(4)65(54(71)55(66,5)6)41-15-13-38(30-60)45(28-41)56(57,58)59/h7-8,11-20,27-28,33-34,42,47,49,67H,4,9-10,21-26,29,31-32H2,1-3,5-6H3,(H,62,68)/t42-,47+,49+/m1/s1. The van der Waals surface area contributed by atoms with Crippen LogP contribution in [0.4, 0.5) is 30.2 Å². The van der Waals surface area contributed by atoms with Crippen molar-refractivity contribution in [1.29, 1.82) is 5.26 Å². The summed E-state index contributed by atoms with van der Waals surface area (Å²) < 4.78 is 65.0. The SMILES string of the molecule is C=C1N(c2ccc(C#N)c(C(F)(F)F)c2)C(=O)C(C)(C)N1c1ccc(OCCOCCCOCCCOc2cc(-c3scnc3C)ccc2NC(=O)[C@@H]2C[C@@H](O)CN2C(=O)[C@H](C(C)C)N2Cc3ccccc3C2=O)cc1. The third-order valence-electron chi connectivity index (χ3n) is 13.5. The fourth-order valence-electron chi connectivity index (χ4n) is 9.81. The highest BCUT2D eigenvalue weighted by molar-refractivity contribution is 7.13. The van der Waals surface area contributed by atoms with Gasteiger partial charge in [0, 0.05) is 57.0 Å². The maximum absolute atomic E-state index is 14.3. The van der Waals surface area contributed by atoms with E-state index in [2.05, 4.69) is 16.9 Å². The molecule has 1 aromatic heterocycles. The minimum absolute atomic E-state index is 0.0350. The van der Waals surface area contributed by atoms with Crippen molar-refractivity contribution < 1.29 is 56.4 Å². The summed E-state index contributed by atoms with van der Waals surface area (Å²) in [6.07, 6.45) is -4.52. The van der Waals surface area contributed by atoms with Gasteiger partial charge >= 0.3 is 6.18 Å². The monoisotopic (exact) mass is 1060 g/mol. The van der Waals surface area contributed by atoms with Crippen LogP contribution in [-0.2, 0) is 36.6 Å². The van der Waals surface area contributed by atoms with Gasteiger partial charge in [0.1, 0.15) is 41.5 Å². The number of nitrogens with zero attached hydrogens (tertiary/aromatic N) is 6. The second-order valence-electron chi connectivity index (χ2n) is 19.6. The van der Waals surface area contributed by atoms with Crippen LogP contribution < -0.4 is 24.6 Å². The van der Waals surface area contributed by atoms with E-state index in [1.54, 1.807) is 77.7 Å². The molecule has 2 saturated heterocycles. The number of carbonyl (C=O) groups excluding carboxylic acids is 4. The maximum atomic E-state index is 14.3. The summed E-state index contributed by atoms with van der Waals surface area (Å²) >= 11 is 1.48. The fraction of sp³-hybridized carbons (Fsp3) is 0.393. The van der Waals surface area contributed by atoms with E-state index in [1.807, 2.05) is 45.0 Å². The number of ether oxygens (including phenoxy) is 4. The van der Waals surface area contributed by atoms with Crippen LogP contribution in [0, 0.1) is 24.2 Å². The maximum Gasteiger partial charge on any atom is 0.417 e. The van der Waals surface area contributed by atoms with Gasteiger partial charge in [-0.3, -0.25) is 24.1 Å². The topological polar surface area (TPSA) is 187 Å². The Morgan fingerprint density at radius 2 is 1.63 bits per heavy atom. The molecule has 5 aromatic rings. The number of hydrogen-bond donors (Lipinski definition) is 2. The van der Waals surface area contributed by atoms with E-state index in [0.29, 0.717) is 67.7 Å². The number of halogens is 3. The number of aromatic nitrogens is 1. The van der Waals surface area contributed by atoms with E-state index in [4.69, 9.17) is 18.9 Å². The van der Waals surface area contributed by atoms with Crippen LogP contribution in [0.5, 0.6) is 11.5 Å². The number of aryl methyl sites for hydroxylation is 1. The molecule has 3 atom stereocenters. The number of thiazole rings is 1. The number of nitriles is 1. The van der Waals surface area contributed by atoms with Gasteiger partial charge in [-0.1, -0.05) is 44.7 Å². The van der Waals surface area contributed by atoms with Gasteiger partial charge in [0.2, 0.25) is 11.8 Å². The summed E-state index contributed by atoms with van der Waals surface area (Å²) in [6, 6.07) is 22.5. The lowest BCUT2D eigenvalue weighted by molar-refractivity contribution is -0.142. The molecule has 0 radical (unpaired) electrons. The average molecular weight is 1060 g/mol. The van der Waals surface area contributed by atoms with Crippen molar-refractivity contribution in [3.63, 3.8) is 0 Å². The molecule has 3 aliphatic rings. The molecule has 8 rings (SSSR count). The molecule has 4 aromatic carbocycles. The van der Waals surface area contributed by atoms with Crippen molar-refractivity contribution in [3.8, 4) is 28.0 Å². The van der Waals surface area contributed by atoms with Gasteiger partial charge in [-0.05, 0) is 105 Å². The van der Waals surface area contributed by atoms with Crippen molar-refractivity contribution in [2.75, 3.05) is 61.3 Å². The van der Waals surface area contributed by atoms with Crippen molar-refractivity contribution in [1.82, 2.24) is 14.8 Å². The smallest absolute Gasteiger partial charge is 0.417 e. The first-order valence-electron chi connectivity index (χ1n) is 25.0. The van der Waals surface area contributed by atoms with Crippen LogP contribution in [0.1, 0.15) is 79.7 Å². The van der Waals surface area contributed by atoms with Crippen molar-refractivity contribution in [2.45, 2.75) is 90.3 Å². The van der Waals surface area contributed by atoms with Crippen molar-refractivity contribution >= 4 is 52.0 Å². The minimum Gasteiger partial charge on any atom is -0.491 e. The normalized spacial score (nSPS) is 17.6. The third kappa shape index (κ3) is 11.7. The number of β-amino-alcohol motifs (C(OH)–C–C–N with tert-alkyl or cyclic N) is 1. The molecule has 3 aliphatic heterocycles. The zero-order valence-corrected chi connectivity index (χ0v) is 43.7. The Morgan fingerprint density at radius 1 is 0.934 bits per heavy atom. The van der Waals surface area contributed by atoms with Crippen LogP contribution in [-0.4, -0.2) is 113 Å². The first-order chi connectivity index (χ1) is 36.3. The quantitative estimate of drug-likeness (QED) is 0.0666. The summed E-state index contributed by atoms with van der Waals surface area (Å²) in [7, 11) is 0. The lowest BCUT2D eigenvalue weighted by Crippen LogP contribution is -2.54. The predicted molar refractivity (Wildman–Crippen MR) is 280 cm³/mol. The lowest BCUT2D eigenvalue weighted by atomic mass is 10.0. The summed E-state index contributed by atoms with van der Waals surface area (Å²) in [4.78, 5) is 66.6. The van der Waals surface area contributed by atoms with E-state index in [1.165, 1.54) is 22.3 Å². The Labute approximate surface area is 443 Å². The van der Waals surface area contributed by atoms with Crippen LogP contribution in [0.15, 0.2) is 103 Å². The first-order valence-corrected chi connectivity index (χ1v) is 25.9. The summed E-state index contributed by atoms with van der Waals surface area (Å²) in [5.41, 5.74) is 2.90. The Morgan fingerprint density at radius 3 is 2.30 bits per heavy atom. The summed E-state index contributed by atoms with van der Waals surface area (Å²) in [5.74, 6) is -0.751. The fourth-order valence-corrected chi connectivity index (χ4v) is 10.6. The van der Waals surface area contributed by atoms with Gasteiger partial charge in [-0.2, -0.15) is 18.4 Å². The number of likely N-dealkylation sites (tertiary alicyclic amines) is 1. The predicted octanol–water partition coefficient (Wildman–Crippen LogP) is 8.96. The number of nitrogens with one attached hydrogen (secondary N) is 1. The van der Waals surface area contributed by atoms with Crippen LogP contribution in [0.3, 0.4) is 0 Å². The number of hydrogen-bond acceptors (Lipinski definition) is 13. The highest BCUT2D eigenvalue weighted by Crippen LogP contribution is 2.43. The third-order valence-corrected chi connectivity index (χ3v) is 14.5. The molecule has 2 fully saturated rings. The van der Waals surface area contributed by atoms with Gasteiger partial charge < -0.3 is 44.1 Å². The number of carbonyl (C=O) groups is 4. The molecule has 4 amide bonds. The second-order valence-corrected chi connectivity index (χ2v) is 20.4. The Bertz CT molecular complexity index is 3010. The van der Waals surface area contributed by atoms with Gasteiger partial charge in [-0.15, -0.1) is 11.3 Å². The highest BCUT2D eigenvalue weighted by atomic mass is 32.1. The summed E-state index contributed by atoms with van der Waals surface area (Å²) in [6.45, 7) is 15.3. The van der Waals surface area contributed by atoms with Crippen LogP contribution in [0.25, 0.3) is 10.4 Å². The van der Waals surface area contributed by atoms with Gasteiger partial charge in [0.05, 0.1) is 64.0 Å². The number of amides is 4. The number of aliphatic hydroxyl groups excluding tert-OH is 1. The average Bonchev–Trinajstić information content (AvgIpc) is 4.16. The first kappa shape index (κ1) is 54.9. The van der Waals surface area contributed by atoms with E-state index >= 15 is 0 Å². The zero-order chi connectivity index (χ0) is 54.5. The molecule has 4 heterocycles. The molecular weight excluding hydrogens is 1000 g/mol. The second kappa shape index (κ2) is 23.3. The molecule has 0 bridgehead atoms. The number of benzene rings is 4. The van der Waals surface area contributed by atoms with E-state index in [9.17, 15) is 42.7 Å². The Kier molecular flexibility index (Phi) is 16.8. The number of anilines is 3. The number of alkyl halides is 3. The number of aliphatic hydroxyl groups is 1. The van der Waals surface area contributed by atoms with Crippen LogP contribution in [0.2, 0.25) is 0 Å². The molecule has 2 N–H and O–H groups in total. The molecule has 76 heavy (non-hydrogen) atoms. The molecule has 0 saturated carbocycles. The zero-order valence-electron chi connectivity index (χ0n) is 42.9. The number of rotatable bonds is 21. The number of fused-ring (bicyclic) bond motifs is 1. The summed E-state index contributed by atoms with van der Waals surface area (Å²) in [5, 5.41) is 23.0. The highest BCUT2D eigenvalue weighted by Gasteiger charge is 2.50. The molecule has 20 heteroatoms. The molecular formula is C56H60F3N7O9S. The minimum atomic E-state index is -4.79. The van der Waals surface area contributed by atoms with Crippen molar-refractivity contribution in [3.05, 3.63) is 131 Å². The Hall–Kier alpha value is -7.31. The van der Waals surface area contributed by atoms with Crippen molar-refractivity contribution in [2.24, 2.45) is 5.92 Å². The molecule has 0 aliphatic carbocycles. The van der Waals surface area contributed by atoms with Gasteiger partial charge in [0.15, 0.2) is 0 Å². The van der Waals surface area contributed by atoms with Gasteiger partial charge in [-0.25, -0.2) is 4.98 Å². The molecule has 0 unspecified atom stereocenters. The Balaban J connectivity index is 0.776.